The zero-order chi connectivity index (χ0) is 17.3. The Balaban J connectivity index is 2.49. The minimum atomic E-state index is -2.59. The Kier molecular flexibility index (Phi) is 8.18. The fourth-order valence-corrected chi connectivity index (χ4v) is 3.85. The van der Waals surface area contributed by atoms with E-state index in [0.29, 0.717) is 24.6 Å². The van der Waals surface area contributed by atoms with E-state index in [1.807, 2.05) is 37.3 Å². The van der Waals surface area contributed by atoms with E-state index in [9.17, 15) is 4.79 Å². The summed E-state index contributed by atoms with van der Waals surface area (Å²) in [4.78, 5) is 12.0. The summed E-state index contributed by atoms with van der Waals surface area (Å²) < 4.78 is 21.3. The van der Waals surface area contributed by atoms with Gasteiger partial charge in [-0.25, -0.2) is 4.79 Å². The lowest BCUT2D eigenvalue weighted by Crippen LogP contribution is -2.42. The van der Waals surface area contributed by atoms with Gasteiger partial charge in [-0.15, -0.1) is 0 Å². The Morgan fingerprint density at radius 2 is 1.74 bits per heavy atom. The third kappa shape index (κ3) is 5.91. The van der Waals surface area contributed by atoms with Gasteiger partial charge < -0.3 is 18.0 Å². The van der Waals surface area contributed by atoms with Crippen LogP contribution in [0.3, 0.4) is 0 Å². The number of hydrogen-bond donors (Lipinski definition) is 0. The summed E-state index contributed by atoms with van der Waals surface area (Å²) in [6, 6.07) is 8.50. The van der Waals surface area contributed by atoms with E-state index >= 15 is 0 Å². The first-order valence-electron chi connectivity index (χ1n) is 7.54. The van der Waals surface area contributed by atoms with Gasteiger partial charge in [0.2, 0.25) is 0 Å². The number of aryl methyl sites for hydroxylation is 1. The van der Waals surface area contributed by atoms with Crippen LogP contribution in [-0.4, -0.2) is 42.7 Å². The van der Waals surface area contributed by atoms with E-state index in [2.05, 4.69) is 0 Å². The second kappa shape index (κ2) is 9.62. The Hall–Kier alpha value is -1.47. The van der Waals surface area contributed by atoms with E-state index in [-0.39, 0.29) is 5.97 Å². The van der Waals surface area contributed by atoms with Gasteiger partial charge in [0.15, 0.2) is 0 Å². The topological polar surface area (TPSA) is 54.0 Å². The molecule has 5 nitrogen and oxygen atoms in total. The lowest BCUT2D eigenvalue weighted by Gasteiger charge is -2.24. The molecule has 0 bridgehead atoms. The molecule has 6 heteroatoms. The maximum atomic E-state index is 12.0. The third-order valence-electron chi connectivity index (χ3n) is 3.68. The van der Waals surface area contributed by atoms with Gasteiger partial charge in [-0.3, -0.25) is 0 Å². The number of carbonyl (C=O) groups excluding carboxylic acids is 1. The number of esters is 1. The van der Waals surface area contributed by atoms with Crippen molar-refractivity contribution in [3.05, 3.63) is 41.0 Å². The highest BCUT2D eigenvalue weighted by Gasteiger charge is 2.36. The summed E-state index contributed by atoms with van der Waals surface area (Å²) in [6.45, 7) is 4.07. The first kappa shape index (κ1) is 19.6. The molecule has 0 unspecified atom stereocenters. The van der Waals surface area contributed by atoms with Gasteiger partial charge in [-0.1, -0.05) is 24.3 Å². The van der Waals surface area contributed by atoms with Crippen LogP contribution in [0, 0.1) is 6.92 Å². The number of benzene rings is 1. The molecular formula is C17H26O5Si. The van der Waals surface area contributed by atoms with Crippen LogP contribution in [-0.2, 0) is 22.8 Å². The number of carbonyl (C=O) groups is 1. The average Bonchev–Trinajstić information content (AvgIpc) is 2.57. The van der Waals surface area contributed by atoms with Crippen molar-refractivity contribution in [1.82, 2.24) is 0 Å². The van der Waals surface area contributed by atoms with Gasteiger partial charge >= 0.3 is 14.8 Å². The maximum absolute atomic E-state index is 12.0. The van der Waals surface area contributed by atoms with Gasteiger partial charge in [0.1, 0.15) is 0 Å². The summed E-state index contributed by atoms with van der Waals surface area (Å²) in [5.74, 6) is -0.312. The number of hydrogen-bond acceptors (Lipinski definition) is 5. The van der Waals surface area contributed by atoms with Crippen molar-refractivity contribution in [1.29, 1.82) is 0 Å². The summed E-state index contributed by atoms with van der Waals surface area (Å²) in [7, 11) is 2.12. The van der Waals surface area contributed by atoms with E-state index in [4.69, 9.17) is 18.0 Å². The van der Waals surface area contributed by atoms with Gasteiger partial charge in [0.05, 0.1) is 6.61 Å². The molecule has 0 spiro atoms. The molecule has 23 heavy (non-hydrogen) atoms. The monoisotopic (exact) mass is 338 g/mol. The summed E-state index contributed by atoms with van der Waals surface area (Å²) in [6.07, 6.45) is 2.47. The highest BCUT2D eigenvalue weighted by Crippen LogP contribution is 2.16. The van der Waals surface area contributed by atoms with Crippen molar-refractivity contribution >= 4 is 20.8 Å². The predicted molar refractivity (Wildman–Crippen MR) is 92.0 cm³/mol. The van der Waals surface area contributed by atoms with Crippen molar-refractivity contribution in [2.75, 3.05) is 27.9 Å². The van der Waals surface area contributed by atoms with Crippen molar-refractivity contribution in [3.63, 3.8) is 0 Å². The third-order valence-corrected chi connectivity index (χ3v) is 6.51. The zero-order valence-electron chi connectivity index (χ0n) is 14.5. The molecule has 0 fully saturated rings. The van der Waals surface area contributed by atoms with Crippen LogP contribution < -0.4 is 0 Å². The molecule has 0 aliphatic heterocycles. The summed E-state index contributed by atoms with van der Waals surface area (Å²) in [5.41, 5.74) is 2.72. The first-order chi connectivity index (χ1) is 11.0. The molecule has 0 N–H and O–H groups in total. The van der Waals surface area contributed by atoms with Crippen molar-refractivity contribution in [3.8, 4) is 0 Å². The lowest BCUT2D eigenvalue weighted by molar-refractivity contribution is -0.138. The molecule has 0 heterocycles. The molecule has 0 amide bonds. The molecule has 1 aromatic carbocycles. The van der Waals surface area contributed by atoms with E-state index < -0.39 is 8.80 Å². The summed E-state index contributed by atoms with van der Waals surface area (Å²) >= 11 is 0. The van der Waals surface area contributed by atoms with Gasteiger partial charge in [-0.2, -0.15) is 0 Å². The normalized spacial score (nSPS) is 12.3. The van der Waals surface area contributed by atoms with Crippen LogP contribution in [0.2, 0.25) is 6.04 Å². The SMILES string of the molecule is CO[Si](CCCOC(=O)/C(C)=C/c1ccccc1C)(OC)OC. The molecule has 0 atom stereocenters. The molecule has 0 radical (unpaired) electrons. The fraction of sp³-hybridized carbons (Fsp3) is 0.471. The van der Waals surface area contributed by atoms with Crippen LogP contribution >= 0.6 is 0 Å². The predicted octanol–water partition coefficient (Wildman–Crippen LogP) is 3.21. The fourth-order valence-electron chi connectivity index (χ4n) is 2.16. The molecule has 1 rings (SSSR count). The first-order valence-corrected chi connectivity index (χ1v) is 9.47. The van der Waals surface area contributed by atoms with Crippen molar-refractivity contribution in [2.45, 2.75) is 26.3 Å². The van der Waals surface area contributed by atoms with E-state index in [1.165, 1.54) is 0 Å². The zero-order valence-corrected chi connectivity index (χ0v) is 15.5. The molecule has 1 aromatic rings. The largest absolute Gasteiger partial charge is 0.500 e. The summed E-state index contributed by atoms with van der Waals surface area (Å²) in [5, 5.41) is 0. The Bertz CT molecular complexity index is 529. The Morgan fingerprint density at radius 3 is 2.30 bits per heavy atom. The Morgan fingerprint density at radius 1 is 1.13 bits per heavy atom. The Labute approximate surface area is 139 Å². The van der Waals surface area contributed by atoms with Gasteiger partial charge in [-0.05, 0) is 37.5 Å². The molecular weight excluding hydrogens is 312 g/mol. The smallest absolute Gasteiger partial charge is 0.462 e. The highest BCUT2D eigenvalue weighted by atomic mass is 28.4. The lowest BCUT2D eigenvalue weighted by atomic mass is 10.1. The minimum absolute atomic E-state index is 0.308. The van der Waals surface area contributed by atoms with E-state index in [1.54, 1.807) is 28.3 Å². The number of rotatable bonds is 9. The molecule has 0 saturated heterocycles. The van der Waals surface area contributed by atoms with Crippen LogP contribution in [0.4, 0.5) is 0 Å². The van der Waals surface area contributed by atoms with Gasteiger partial charge in [0, 0.05) is 32.9 Å². The standard InChI is InChI=1S/C17H26O5Si/c1-14-9-6-7-10-16(14)13-15(2)17(18)22-11-8-12-23(19-3,20-4)21-5/h6-7,9-10,13H,8,11-12H2,1-5H3/b15-13+. The second-order valence-electron chi connectivity index (χ2n) is 5.22. The highest BCUT2D eigenvalue weighted by molar-refractivity contribution is 6.60. The second-order valence-corrected chi connectivity index (χ2v) is 8.31. The molecule has 0 aliphatic carbocycles. The van der Waals surface area contributed by atoms with Crippen LogP contribution in [0.1, 0.15) is 24.5 Å². The van der Waals surface area contributed by atoms with E-state index in [0.717, 1.165) is 11.1 Å². The minimum Gasteiger partial charge on any atom is -0.462 e. The molecule has 0 aromatic heterocycles. The maximum Gasteiger partial charge on any atom is 0.500 e. The molecule has 0 saturated carbocycles. The molecule has 0 aliphatic rings. The van der Waals surface area contributed by atoms with Crippen LogP contribution in [0.5, 0.6) is 0 Å². The number of ether oxygens (including phenoxy) is 1. The van der Waals surface area contributed by atoms with Crippen molar-refractivity contribution in [2.24, 2.45) is 0 Å². The average molecular weight is 338 g/mol. The van der Waals surface area contributed by atoms with Crippen molar-refractivity contribution < 1.29 is 22.8 Å². The van der Waals surface area contributed by atoms with Crippen LogP contribution in [0.25, 0.3) is 6.08 Å². The molecule has 128 valence electrons. The quantitative estimate of drug-likeness (QED) is 0.299. The van der Waals surface area contributed by atoms with Crippen LogP contribution in [0.15, 0.2) is 29.8 Å². The van der Waals surface area contributed by atoms with Gasteiger partial charge in [0.25, 0.3) is 0 Å².